The van der Waals surface area contributed by atoms with Gasteiger partial charge >= 0.3 is 0 Å². The van der Waals surface area contributed by atoms with Crippen LogP contribution in [0.25, 0.3) is 10.8 Å². The number of hydrogen-bond acceptors (Lipinski definition) is 3. The largest absolute Gasteiger partial charge is 0.496 e. The van der Waals surface area contributed by atoms with Gasteiger partial charge in [0.25, 0.3) is 0 Å². The van der Waals surface area contributed by atoms with Crippen LogP contribution in [0.5, 0.6) is 5.75 Å². The summed E-state index contributed by atoms with van der Waals surface area (Å²) in [7, 11) is 1.75. The lowest BCUT2D eigenvalue weighted by Crippen LogP contribution is -2.39. The predicted molar refractivity (Wildman–Crippen MR) is 92.3 cm³/mol. The fourth-order valence-electron chi connectivity index (χ4n) is 3.59. The van der Waals surface area contributed by atoms with E-state index in [9.17, 15) is 0 Å². The second kappa shape index (κ2) is 6.67. The van der Waals surface area contributed by atoms with Crippen LogP contribution in [0.1, 0.15) is 31.4 Å². The quantitative estimate of drug-likeness (QED) is 0.937. The Hall–Kier alpha value is -1.58. The van der Waals surface area contributed by atoms with E-state index in [1.807, 2.05) is 0 Å². The van der Waals surface area contributed by atoms with Gasteiger partial charge in [-0.2, -0.15) is 0 Å². The molecule has 3 rings (SSSR count). The first-order valence-electron chi connectivity index (χ1n) is 8.24. The Balaban J connectivity index is 2.05. The number of ether oxygens (including phenoxy) is 1. The third-order valence-electron chi connectivity index (χ3n) is 4.97. The van der Waals surface area contributed by atoms with Crippen molar-refractivity contribution in [1.82, 2.24) is 4.90 Å². The molecule has 3 heteroatoms. The molecule has 1 aliphatic heterocycles. The highest BCUT2D eigenvalue weighted by atomic mass is 16.5. The average Bonchev–Trinajstić information content (AvgIpc) is 2.57. The zero-order valence-electron chi connectivity index (χ0n) is 13.6. The average molecular weight is 298 g/mol. The summed E-state index contributed by atoms with van der Waals surface area (Å²) < 4.78 is 5.67. The smallest absolute Gasteiger partial charge is 0.124 e. The summed E-state index contributed by atoms with van der Waals surface area (Å²) in [6.45, 7) is 5.21. The Morgan fingerprint density at radius 2 is 1.91 bits per heavy atom. The summed E-state index contributed by atoms with van der Waals surface area (Å²) in [5.74, 6) is 1.77. The van der Waals surface area contributed by atoms with Gasteiger partial charge in [0.15, 0.2) is 0 Å². The molecule has 0 aromatic heterocycles. The van der Waals surface area contributed by atoms with Crippen LogP contribution in [0.15, 0.2) is 36.4 Å². The molecule has 2 aromatic carbocycles. The second-order valence-corrected chi connectivity index (χ2v) is 6.37. The normalized spacial score (nSPS) is 18.5. The standard InChI is InChI=1S/C19H26N2O/c1-14-9-11-21(12-10-14)17(13-20)19-16-6-4-3-5-15(16)7-8-18(19)22-2/h3-8,14,17H,9-13,20H2,1-2H3. The van der Waals surface area contributed by atoms with Crippen LogP contribution in [-0.4, -0.2) is 31.6 Å². The van der Waals surface area contributed by atoms with Crippen molar-refractivity contribution in [2.45, 2.75) is 25.8 Å². The number of fused-ring (bicyclic) bond motifs is 1. The van der Waals surface area contributed by atoms with Gasteiger partial charge < -0.3 is 10.5 Å². The van der Waals surface area contributed by atoms with Gasteiger partial charge in [0, 0.05) is 12.1 Å². The van der Waals surface area contributed by atoms with E-state index in [0.717, 1.165) is 24.8 Å². The molecule has 0 spiro atoms. The molecule has 1 aliphatic rings. The van der Waals surface area contributed by atoms with Crippen molar-refractivity contribution in [3.8, 4) is 5.75 Å². The molecular formula is C19H26N2O. The van der Waals surface area contributed by atoms with Crippen LogP contribution in [0.4, 0.5) is 0 Å². The fraction of sp³-hybridized carbons (Fsp3) is 0.474. The minimum absolute atomic E-state index is 0.230. The van der Waals surface area contributed by atoms with Gasteiger partial charge in [0.1, 0.15) is 5.75 Å². The van der Waals surface area contributed by atoms with Gasteiger partial charge in [-0.05, 0) is 48.7 Å². The number of rotatable bonds is 4. The van der Waals surface area contributed by atoms with Gasteiger partial charge in [-0.15, -0.1) is 0 Å². The minimum Gasteiger partial charge on any atom is -0.496 e. The first kappa shape index (κ1) is 15.3. The summed E-state index contributed by atoms with van der Waals surface area (Å²) in [5.41, 5.74) is 7.44. The first-order valence-corrected chi connectivity index (χ1v) is 8.24. The van der Waals surface area contributed by atoms with Crippen molar-refractivity contribution >= 4 is 10.8 Å². The van der Waals surface area contributed by atoms with Crippen LogP contribution in [-0.2, 0) is 0 Å². The number of nitrogens with zero attached hydrogens (tertiary/aromatic N) is 1. The molecular weight excluding hydrogens is 272 g/mol. The van der Waals surface area contributed by atoms with Gasteiger partial charge in [0.05, 0.1) is 13.2 Å². The van der Waals surface area contributed by atoms with E-state index in [2.05, 4.69) is 48.2 Å². The van der Waals surface area contributed by atoms with E-state index in [0.29, 0.717) is 6.54 Å². The lowest BCUT2D eigenvalue weighted by Gasteiger charge is -2.37. The Morgan fingerprint density at radius 3 is 2.59 bits per heavy atom. The van der Waals surface area contributed by atoms with Crippen molar-refractivity contribution in [3.63, 3.8) is 0 Å². The van der Waals surface area contributed by atoms with E-state index < -0.39 is 0 Å². The van der Waals surface area contributed by atoms with E-state index in [-0.39, 0.29) is 6.04 Å². The van der Waals surface area contributed by atoms with E-state index in [1.54, 1.807) is 7.11 Å². The highest BCUT2D eigenvalue weighted by Gasteiger charge is 2.27. The van der Waals surface area contributed by atoms with Gasteiger partial charge in [-0.25, -0.2) is 0 Å². The highest BCUT2D eigenvalue weighted by Crippen LogP contribution is 2.37. The van der Waals surface area contributed by atoms with E-state index in [4.69, 9.17) is 10.5 Å². The molecule has 0 bridgehead atoms. The molecule has 0 saturated carbocycles. The predicted octanol–water partition coefficient (Wildman–Crippen LogP) is 3.58. The SMILES string of the molecule is COc1ccc2ccccc2c1C(CN)N1CCC(C)CC1. The van der Waals surface area contributed by atoms with Crippen molar-refractivity contribution in [2.24, 2.45) is 11.7 Å². The Morgan fingerprint density at radius 1 is 1.18 bits per heavy atom. The van der Waals surface area contributed by atoms with Crippen LogP contribution < -0.4 is 10.5 Å². The summed E-state index contributed by atoms with van der Waals surface area (Å²) in [6, 6.07) is 13.0. The zero-order valence-corrected chi connectivity index (χ0v) is 13.6. The maximum atomic E-state index is 6.19. The summed E-state index contributed by atoms with van der Waals surface area (Å²) >= 11 is 0. The number of likely N-dealkylation sites (tertiary alicyclic amines) is 1. The molecule has 2 N–H and O–H groups in total. The number of methoxy groups -OCH3 is 1. The number of nitrogens with two attached hydrogens (primary N) is 1. The molecule has 1 heterocycles. The third kappa shape index (κ3) is 2.83. The van der Waals surface area contributed by atoms with Crippen molar-refractivity contribution < 1.29 is 4.74 Å². The lowest BCUT2D eigenvalue weighted by molar-refractivity contribution is 0.140. The summed E-state index contributed by atoms with van der Waals surface area (Å²) in [5, 5.41) is 2.51. The number of hydrogen-bond donors (Lipinski definition) is 1. The van der Waals surface area contributed by atoms with Gasteiger partial charge in [0.2, 0.25) is 0 Å². The van der Waals surface area contributed by atoms with Gasteiger partial charge in [-0.3, -0.25) is 4.90 Å². The molecule has 3 nitrogen and oxygen atoms in total. The molecule has 1 fully saturated rings. The maximum absolute atomic E-state index is 6.19. The van der Waals surface area contributed by atoms with Crippen molar-refractivity contribution in [2.75, 3.05) is 26.7 Å². The molecule has 0 aliphatic carbocycles. The van der Waals surface area contributed by atoms with E-state index in [1.165, 1.54) is 29.2 Å². The monoisotopic (exact) mass is 298 g/mol. The molecule has 118 valence electrons. The topological polar surface area (TPSA) is 38.5 Å². The van der Waals surface area contributed by atoms with E-state index >= 15 is 0 Å². The van der Waals surface area contributed by atoms with Gasteiger partial charge in [-0.1, -0.05) is 37.3 Å². The van der Waals surface area contributed by atoms with Crippen LogP contribution in [0.3, 0.4) is 0 Å². The molecule has 1 saturated heterocycles. The fourth-order valence-corrected chi connectivity index (χ4v) is 3.59. The van der Waals surface area contributed by atoms with Crippen LogP contribution in [0.2, 0.25) is 0 Å². The number of piperidine rings is 1. The Bertz CT molecular complexity index is 632. The highest BCUT2D eigenvalue weighted by molar-refractivity contribution is 5.88. The third-order valence-corrected chi connectivity index (χ3v) is 4.97. The second-order valence-electron chi connectivity index (χ2n) is 6.37. The molecule has 2 aromatic rings. The Kier molecular flexibility index (Phi) is 4.65. The summed E-state index contributed by atoms with van der Waals surface area (Å²) in [6.07, 6.45) is 2.51. The van der Waals surface area contributed by atoms with Crippen LogP contribution >= 0.6 is 0 Å². The molecule has 1 unspecified atom stereocenters. The lowest BCUT2D eigenvalue weighted by atomic mass is 9.92. The maximum Gasteiger partial charge on any atom is 0.124 e. The van der Waals surface area contributed by atoms with Crippen LogP contribution in [0, 0.1) is 5.92 Å². The molecule has 1 atom stereocenters. The number of benzene rings is 2. The first-order chi connectivity index (χ1) is 10.7. The molecule has 22 heavy (non-hydrogen) atoms. The Labute approximate surface area is 133 Å². The van der Waals surface area contributed by atoms with Crippen molar-refractivity contribution in [1.29, 1.82) is 0 Å². The minimum atomic E-state index is 0.230. The molecule has 0 radical (unpaired) electrons. The van der Waals surface area contributed by atoms with Crippen molar-refractivity contribution in [3.05, 3.63) is 42.0 Å². The zero-order chi connectivity index (χ0) is 15.5. The molecule has 0 amide bonds. The summed E-state index contributed by atoms with van der Waals surface area (Å²) in [4.78, 5) is 2.53.